The number of nitrogens with zero attached hydrogens (tertiary/aromatic N) is 1. The maximum atomic E-state index is 12.4. The van der Waals surface area contributed by atoms with Crippen LogP contribution in [0.15, 0.2) is 47.4 Å². The lowest BCUT2D eigenvalue weighted by Gasteiger charge is -2.14. The van der Waals surface area contributed by atoms with Gasteiger partial charge in [0.2, 0.25) is 10.0 Å². The molecular formula is C20H25ClN2O4S. The largest absolute Gasteiger partial charge is 0.491 e. The van der Waals surface area contributed by atoms with E-state index in [1.165, 1.54) is 32.3 Å². The van der Waals surface area contributed by atoms with Crippen molar-refractivity contribution < 1.29 is 17.9 Å². The zero-order chi connectivity index (χ0) is 20.9. The Kier molecular flexibility index (Phi) is 7.46. The third-order valence-electron chi connectivity index (χ3n) is 3.95. The molecule has 1 amide bonds. The molecule has 2 aromatic carbocycles. The van der Waals surface area contributed by atoms with Crippen LogP contribution < -0.4 is 10.1 Å². The van der Waals surface area contributed by atoms with Crippen LogP contribution in [0.1, 0.15) is 29.8 Å². The lowest BCUT2D eigenvalue weighted by molar-refractivity contribution is 0.0954. The Balaban J connectivity index is 2.00. The van der Waals surface area contributed by atoms with Gasteiger partial charge in [-0.05, 0) is 56.2 Å². The van der Waals surface area contributed by atoms with E-state index in [4.69, 9.17) is 16.3 Å². The van der Waals surface area contributed by atoms with Gasteiger partial charge in [-0.15, -0.1) is 0 Å². The van der Waals surface area contributed by atoms with Gasteiger partial charge in [-0.3, -0.25) is 4.79 Å². The van der Waals surface area contributed by atoms with Crippen molar-refractivity contribution in [2.24, 2.45) is 0 Å². The standard InChI is InChI=1S/C20H25ClN2O4S/c1-14(2)27-17-8-5-15(6-9-17)11-12-22-20(24)16-7-10-18(21)19(13-16)28(25,26)23(3)4/h5-10,13-14H,11-12H2,1-4H3,(H,22,24). The molecule has 0 heterocycles. The third-order valence-corrected chi connectivity index (χ3v) is 6.24. The highest BCUT2D eigenvalue weighted by molar-refractivity contribution is 7.89. The van der Waals surface area contributed by atoms with E-state index in [-0.39, 0.29) is 27.5 Å². The van der Waals surface area contributed by atoms with Crippen molar-refractivity contribution in [3.63, 3.8) is 0 Å². The molecule has 1 N–H and O–H groups in total. The number of carbonyl (C=O) groups excluding carboxylic acids is 1. The number of hydrogen-bond donors (Lipinski definition) is 1. The second-order valence-corrected chi connectivity index (χ2v) is 9.28. The van der Waals surface area contributed by atoms with Crippen LogP contribution in [0.5, 0.6) is 5.75 Å². The van der Waals surface area contributed by atoms with Gasteiger partial charge < -0.3 is 10.1 Å². The molecule has 0 aliphatic heterocycles. The van der Waals surface area contributed by atoms with E-state index in [0.29, 0.717) is 13.0 Å². The first-order valence-corrected chi connectivity index (χ1v) is 10.7. The van der Waals surface area contributed by atoms with Gasteiger partial charge in [-0.25, -0.2) is 12.7 Å². The maximum absolute atomic E-state index is 12.4. The average Bonchev–Trinajstić information content (AvgIpc) is 2.62. The molecule has 0 saturated carbocycles. The molecule has 0 atom stereocenters. The third kappa shape index (κ3) is 5.70. The zero-order valence-corrected chi connectivity index (χ0v) is 18.0. The molecule has 0 fully saturated rings. The molecule has 0 aliphatic carbocycles. The van der Waals surface area contributed by atoms with Crippen molar-refractivity contribution in [3.8, 4) is 5.75 Å². The highest BCUT2D eigenvalue weighted by Crippen LogP contribution is 2.24. The van der Waals surface area contributed by atoms with Crippen molar-refractivity contribution in [1.29, 1.82) is 0 Å². The van der Waals surface area contributed by atoms with Gasteiger partial charge in [0.05, 0.1) is 11.1 Å². The van der Waals surface area contributed by atoms with Crippen LogP contribution in [-0.2, 0) is 16.4 Å². The molecule has 152 valence electrons. The van der Waals surface area contributed by atoms with Crippen LogP contribution in [0, 0.1) is 0 Å². The fraction of sp³-hybridized carbons (Fsp3) is 0.350. The molecule has 0 unspecified atom stereocenters. The molecule has 8 heteroatoms. The number of hydrogen-bond acceptors (Lipinski definition) is 4. The molecule has 0 aromatic heterocycles. The fourth-order valence-corrected chi connectivity index (χ4v) is 3.86. The summed E-state index contributed by atoms with van der Waals surface area (Å²) in [5.74, 6) is 0.449. The predicted molar refractivity (Wildman–Crippen MR) is 111 cm³/mol. The lowest BCUT2D eigenvalue weighted by Crippen LogP contribution is -2.27. The highest BCUT2D eigenvalue weighted by atomic mass is 35.5. The number of nitrogens with one attached hydrogen (secondary N) is 1. The number of amides is 1. The van der Waals surface area contributed by atoms with Gasteiger partial charge in [0.25, 0.3) is 5.91 Å². The van der Waals surface area contributed by atoms with E-state index in [2.05, 4.69) is 5.32 Å². The Morgan fingerprint density at radius 3 is 2.36 bits per heavy atom. The average molecular weight is 425 g/mol. The predicted octanol–water partition coefficient (Wildman–Crippen LogP) is 3.35. The van der Waals surface area contributed by atoms with Crippen LogP contribution in [0.25, 0.3) is 0 Å². The molecule has 0 aliphatic rings. The zero-order valence-electron chi connectivity index (χ0n) is 16.4. The Morgan fingerprint density at radius 2 is 1.79 bits per heavy atom. The van der Waals surface area contributed by atoms with Crippen molar-refractivity contribution in [3.05, 3.63) is 58.6 Å². The van der Waals surface area contributed by atoms with Crippen LogP contribution in [-0.4, -0.2) is 45.4 Å². The van der Waals surface area contributed by atoms with Gasteiger partial charge in [0.1, 0.15) is 10.6 Å². The maximum Gasteiger partial charge on any atom is 0.251 e. The van der Waals surface area contributed by atoms with Gasteiger partial charge in [0.15, 0.2) is 0 Å². The van der Waals surface area contributed by atoms with Gasteiger partial charge in [-0.2, -0.15) is 0 Å². The van der Waals surface area contributed by atoms with E-state index in [1.807, 2.05) is 38.1 Å². The molecule has 2 rings (SSSR count). The summed E-state index contributed by atoms with van der Waals surface area (Å²) in [6, 6.07) is 11.9. The van der Waals surface area contributed by atoms with Crippen LogP contribution in [0.3, 0.4) is 0 Å². The summed E-state index contributed by atoms with van der Waals surface area (Å²) in [5, 5.41) is 2.88. The van der Waals surface area contributed by atoms with Gasteiger partial charge in [-0.1, -0.05) is 23.7 Å². The number of carbonyl (C=O) groups is 1. The van der Waals surface area contributed by atoms with E-state index in [9.17, 15) is 13.2 Å². The number of halogens is 1. The molecule has 0 bridgehead atoms. The van der Waals surface area contributed by atoms with Crippen LogP contribution >= 0.6 is 11.6 Å². The smallest absolute Gasteiger partial charge is 0.251 e. The normalized spacial score (nSPS) is 11.7. The van der Waals surface area contributed by atoms with E-state index < -0.39 is 10.0 Å². The Morgan fingerprint density at radius 1 is 1.14 bits per heavy atom. The molecular weight excluding hydrogens is 400 g/mol. The van der Waals surface area contributed by atoms with Crippen molar-refractivity contribution in [2.45, 2.75) is 31.3 Å². The summed E-state index contributed by atoms with van der Waals surface area (Å²) in [5.41, 5.74) is 1.30. The van der Waals surface area contributed by atoms with Gasteiger partial charge in [0, 0.05) is 26.2 Å². The Hall–Kier alpha value is -2.09. The summed E-state index contributed by atoms with van der Waals surface area (Å²) in [4.78, 5) is 12.3. The van der Waals surface area contributed by atoms with Crippen LogP contribution in [0.2, 0.25) is 5.02 Å². The van der Waals surface area contributed by atoms with Crippen LogP contribution in [0.4, 0.5) is 0 Å². The van der Waals surface area contributed by atoms with E-state index in [0.717, 1.165) is 15.6 Å². The van der Waals surface area contributed by atoms with E-state index >= 15 is 0 Å². The molecule has 6 nitrogen and oxygen atoms in total. The highest BCUT2D eigenvalue weighted by Gasteiger charge is 2.22. The summed E-state index contributed by atoms with van der Waals surface area (Å²) in [7, 11) is -0.905. The second-order valence-electron chi connectivity index (χ2n) is 6.75. The monoisotopic (exact) mass is 424 g/mol. The number of ether oxygens (including phenoxy) is 1. The topological polar surface area (TPSA) is 75.7 Å². The Bertz CT molecular complexity index is 926. The number of sulfonamides is 1. The minimum atomic E-state index is -3.73. The van der Waals surface area contributed by atoms with Crippen molar-refractivity contribution in [1.82, 2.24) is 9.62 Å². The lowest BCUT2D eigenvalue weighted by atomic mass is 10.1. The van der Waals surface area contributed by atoms with Crippen molar-refractivity contribution >= 4 is 27.5 Å². The quantitative estimate of drug-likeness (QED) is 0.705. The first-order valence-electron chi connectivity index (χ1n) is 8.87. The second kappa shape index (κ2) is 9.41. The number of rotatable bonds is 8. The summed E-state index contributed by atoms with van der Waals surface area (Å²) >= 11 is 6.01. The first kappa shape index (κ1) is 22.2. The molecule has 28 heavy (non-hydrogen) atoms. The molecule has 0 spiro atoms. The SMILES string of the molecule is CC(C)Oc1ccc(CCNC(=O)c2ccc(Cl)c(S(=O)(=O)N(C)C)c2)cc1. The number of benzene rings is 2. The minimum absolute atomic E-state index is 0.0777. The summed E-state index contributed by atoms with van der Waals surface area (Å²) in [6.45, 7) is 4.35. The first-order chi connectivity index (χ1) is 13.1. The molecule has 0 radical (unpaired) electrons. The summed E-state index contributed by atoms with van der Waals surface area (Å²) in [6.07, 6.45) is 0.759. The minimum Gasteiger partial charge on any atom is -0.491 e. The Labute approximate surface area is 171 Å². The molecule has 0 saturated heterocycles. The molecule has 2 aromatic rings. The van der Waals surface area contributed by atoms with Crippen molar-refractivity contribution in [2.75, 3.05) is 20.6 Å². The van der Waals surface area contributed by atoms with Gasteiger partial charge >= 0.3 is 0 Å². The fourth-order valence-electron chi connectivity index (χ4n) is 2.47. The van der Waals surface area contributed by atoms with E-state index in [1.54, 1.807) is 0 Å². The summed E-state index contributed by atoms with van der Waals surface area (Å²) < 4.78 is 31.3.